The van der Waals surface area contributed by atoms with Crippen LogP contribution in [0.15, 0.2) is 41.2 Å². The van der Waals surface area contributed by atoms with E-state index in [0.29, 0.717) is 77.3 Å². The number of fused-ring (bicyclic) bond motifs is 4. The largest absolute Gasteiger partial charge is 0.445 e. The van der Waals surface area contributed by atoms with Gasteiger partial charge in [0, 0.05) is 53.8 Å². The van der Waals surface area contributed by atoms with Crippen LogP contribution in [0, 0.1) is 18.7 Å². The Hall–Kier alpha value is -5.43. The van der Waals surface area contributed by atoms with Crippen molar-refractivity contribution in [2.24, 2.45) is 5.92 Å². The summed E-state index contributed by atoms with van der Waals surface area (Å²) in [5, 5.41) is 9.19. The van der Waals surface area contributed by atoms with Crippen LogP contribution in [0.5, 0.6) is 0 Å². The minimum absolute atomic E-state index is 0.0197. The number of alkyl carbamates (subject to hydrolysis) is 1. The smallest absolute Gasteiger partial charge is 0.407 e. The number of aldehydes is 1. The molecule has 0 unspecified atom stereocenters. The molecule has 292 valence electrons. The number of benzene rings is 2. The molecule has 0 saturated carbocycles. The number of hydrogen-bond acceptors (Lipinski definition) is 8. The molecular weight excluding hydrogens is 705 g/mol. The fourth-order valence-corrected chi connectivity index (χ4v) is 7.37. The number of aryl methyl sites for hydroxylation is 1. The fourth-order valence-electron chi connectivity index (χ4n) is 7.37. The zero-order valence-electron chi connectivity index (χ0n) is 32.5. The highest BCUT2D eigenvalue weighted by atomic mass is 19.1. The Balaban J connectivity index is 0.000000511. The van der Waals surface area contributed by atoms with Crippen molar-refractivity contribution in [3.8, 4) is 11.4 Å². The Morgan fingerprint density at radius 2 is 1.80 bits per heavy atom. The van der Waals surface area contributed by atoms with Crippen molar-refractivity contribution in [3.05, 3.63) is 91.5 Å². The number of carbonyl (C=O) groups is 4. The van der Waals surface area contributed by atoms with Gasteiger partial charge >= 0.3 is 6.09 Å². The Kier molecular flexibility index (Phi) is 13.2. The normalized spacial score (nSPS) is 14.4. The third kappa shape index (κ3) is 8.94. The van der Waals surface area contributed by atoms with E-state index in [1.54, 1.807) is 35.8 Å². The number of hydrogen-bond donors (Lipinski definition) is 3. The van der Waals surface area contributed by atoms with Gasteiger partial charge in [-0.15, -0.1) is 0 Å². The maximum absolute atomic E-state index is 15.1. The lowest BCUT2D eigenvalue weighted by Gasteiger charge is -2.29. The molecule has 0 radical (unpaired) electrons. The first-order valence-electron chi connectivity index (χ1n) is 18.7. The average Bonchev–Trinajstić information content (AvgIpc) is 3.50. The van der Waals surface area contributed by atoms with Gasteiger partial charge in [0.2, 0.25) is 12.3 Å². The predicted octanol–water partition coefficient (Wildman–Crippen LogP) is 6.75. The number of rotatable bonds is 13. The zero-order chi connectivity index (χ0) is 40.0. The number of nitrogens with one attached hydrogen (secondary N) is 3. The molecule has 1 aliphatic heterocycles. The number of ether oxygens (including phenoxy) is 2. The second kappa shape index (κ2) is 17.8. The van der Waals surface area contributed by atoms with E-state index in [9.17, 15) is 24.0 Å². The van der Waals surface area contributed by atoms with Gasteiger partial charge in [-0.1, -0.05) is 32.9 Å². The molecule has 3 amide bonds. The molecule has 13 heteroatoms. The number of anilines is 1. The Morgan fingerprint density at radius 1 is 1.07 bits per heavy atom. The third-order valence-electron chi connectivity index (χ3n) is 9.95. The fraction of sp³-hybridized carbons (Fsp3) is 0.429. The van der Waals surface area contributed by atoms with E-state index in [4.69, 9.17) is 14.5 Å². The number of halogens is 1. The van der Waals surface area contributed by atoms with Crippen molar-refractivity contribution in [2.75, 3.05) is 12.4 Å². The molecule has 0 saturated heterocycles. The molecule has 2 aromatic heterocycles. The van der Waals surface area contributed by atoms with Crippen LogP contribution >= 0.6 is 0 Å². The Labute approximate surface area is 320 Å². The van der Waals surface area contributed by atoms with Crippen molar-refractivity contribution in [3.63, 3.8) is 0 Å². The Bertz CT molecular complexity index is 2130. The van der Waals surface area contributed by atoms with Crippen LogP contribution in [-0.4, -0.2) is 47.4 Å². The maximum Gasteiger partial charge on any atom is 0.407 e. The number of nitrogens with zero attached hydrogens (tertiary/aromatic N) is 2. The molecule has 4 aromatic rings. The summed E-state index contributed by atoms with van der Waals surface area (Å²) in [6.45, 7) is 11.9. The molecule has 6 rings (SSSR count). The van der Waals surface area contributed by atoms with Gasteiger partial charge in [0.05, 0.1) is 36.1 Å². The van der Waals surface area contributed by atoms with Crippen molar-refractivity contribution >= 4 is 41.3 Å². The highest BCUT2D eigenvalue weighted by Crippen LogP contribution is 2.45. The average molecular weight is 756 g/mol. The minimum atomic E-state index is -0.620. The molecule has 3 N–H and O–H groups in total. The summed E-state index contributed by atoms with van der Waals surface area (Å²) in [6.07, 6.45) is 2.97. The number of pyridine rings is 2. The van der Waals surface area contributed by atoms with E-state index in [1.807, 2.05) is 40.7 Å². The molecule has 2 aromatic carbocycles. The van der Waals surface area contributed by atoms with Crippen LogP contribution in [0.3, 0.4) is 0 Å². The maximum atomic E-state index is 15.1. The minimum Gasteiger partial charge on any atom is -0.445 e. The van der Waals surface area contributed by atoms with Crippen LogP contribution in [0.2, 0.25) is 0 Å². The summed E-state index contributed by atoms with van der Waals surface area (Å²) in [4.78, 5) is 65.5. The topological polar surface area (TPSA) is 158 Å². The van der Waals surface area contributed by atoms with Crippen molar-refractivity contribution in [2.45, 2.75) is 105 Å². The van der Waals surface area contributed by atoms with Crippen LogP contribution in [0.4, 0.5) is 14.9 Å². The van der Waals surface area contributed by atoms with E-state index in [-0.39, 0.29) is 43.1 Å². The molecular formula is C42H50FN5O7. The molecule has 55 heavy (non-hydrogen) atoms. The first-order valence-corrected chi connectivity index (χ1v) is 18.7. The van der Waals surface area contributed by atoms with Crippen molar-refractivity contribution in [1.82, 2.24) is 20.2 Å². The molecule has 0 spiro atoms. The van der Waals surface area contributed by atoms with E-state index in [1.165, 1.54) is 13.2 Å². The van der Waals surface area contributed by atoms with Gasteiger partial charge in [0.25, 0.3) is 5.56 Å². The summed E-state index contributed by atoms with van der Waals surface area (Å²) < 4.78 is 27.7. The Morgan fingerprint density at radius 3 is 2.42 bits per heavy atom. The van der Waals surface area contributed by atoms with Gasteiger partial charge < -0.3 is 34.8 Å². The molecule has 2 atom stereocenters. The number of carbonyl (C=O) groups excluding carboxylic acids is 4. The first-order chi connectivity index (χ1) is 26.3. The van der Waals surface area contributed by atoms with Crippen LogP contribution < -0.4 is 21.5 Å². The van der Waals surface area contributed by atoms with E-state index >= 15 is 4.39 Å². The monoisotopic (exact) mass is 755 g/mol. The predicted molar refractivity (Wildman–Crippen MR) is 208 cm³/mol. The molecule has 0 bridgehead atoms. The van der Waals surface area contributed by atoms with Crippen molar-refractivity contribution < 1.29 is 33.0 Å². The standard InChI is InChI=1S/C34H33FN4O6.C8H17NO/c1-4-20(14-40)23-11-29-32-24(13-39(29)33(42)25(23)16-44-3)31-27(10-9-22-18(2)26(35)12-28(37-32)30(22)31)38-34(43)45-15-19-5-7-21(8-6-19)36-17-41;1-6(2)5-8(10)9-7(3)4/h5-8,11-12,14,17,20,27H,4,9-10,13,15-16H2,1-3H3,(H,36,41)(H,38,43);6-7H,5H2,1-4H3,(H,9,10)/t20-,27-;/m0./s1. The third-order valence-corrected chi connectivity index (χ3v) is 9.95. The van der Waals surface area contributed by atoms with E-state index < -0.39 is 18.1 Å². The summed E-state index contributed by atoms with van der Waals surface area (Å²) >= 11 is 0. The van der Waals surface area contributed by atoms with Crippen LogP contribution in [0.25, 0.3) is 22.3 Å². The quantitative estimate of drug-likeness (QED) is 0.111. The van der Waals surface area contributed by atoms with Gasteiger partial charge in [-0.2, -0.15) is 0 Å². The SMILES string of the molecule is CC(C)CC(=O)NC(C)C.CC[C@@H](C=O)c1cc2n(c(=O)c1COC)Cc1c-2nc2cc(F)c(C)c3c2c1[C@@H](NC(=O)OCc1ccc(NC=O)cc1)CC3. The number of aromatic nitrogens is 2. The lowest BCUT2D eigenvalue weighted by molar-refractivity contribution is -0.122. The molecule has 1 aliphatic carbocycles. The highest BCUT2D eigenvalue weighted by molar-refractivity contribution is 5.93. The van der Waals surface area contributed by atoms with Crippen LogP contribution in [0.1, 0.15) is 105 Å². The molecule has 2 aliphatic rings. The highest BCUT2D eigenvalue weighted by Gasteiger charge is 2.35. The summed E-state index contributed by atoms with van der Waals surface area (Å²) in [5.41, 5.74) is 6.57. The lowest BCUT2D eigenvalue weighted by atomic mass is 9.82. The van der Waals surface area contributed by atoms with Gasteiger partial charge in [0.15, 0.2) is 0 Å². The van der Waals surface area contributed by atoms with E-state index in [0.717, 1.165) is 33.9 Å². The lowest BCUT2D eigenvalue weighted by Crippen LogP contribution is -2.32. The summed E-state index contributed by atoms with van der Waals surface area (Å²) in [7, 11) is 1.50. The van der Waals surface area contributed by atoms with Gasteiger partial charge in [-0.3, -0.25) is 14.4 Å². The van der Waals surface area contributed by atoms with E-state index in [2.05, 4.69) is 16.0 Å². The zero-order valence-corrected chi connectivity index (χ0v) is 32.5. The molecule has 3 heterocycles. The van der Waals surface area contributed by atoms with Gasteiger partial charge in [-0.05, 0) is 92.0 Å². The van der Waals surface area contributed by atoms with Crippen LogP contribution in [-0.2, 0) is 50.0 Å². The van der Waals surface area contributed by atoms with Gasteiger partial charge in [-0.25, -0.2) is 14.2 Å². The van der Waals surface area contributed by atoms with Crippen molar-refractivity contribution in [1.29, 1.82) is 0 Å². The summed E-state index contributed by atoms with van der Waals surface area (Å²) in [5.74, 6) is -0.247. The number of methoxy groups -OCH3 is 1. The summed E-state index contributed by atoms with van der Waals surface area (Å²) in [6, 6.07) is 9.95. The van der Waals surface area contributed by atoms with Gasteiger partial charge in [0.1, 0.15) is 18.7 Å². The number of amides is 3. The molecule has 0 fully saturated rings. The second-order valence-electron chi connectivity index (χ2n) is 14.7. The first kappa shape index (κ1) is 40.7. The molecule has 12 nitrogen and oxygen atoms in total. The second-order valence-corrected chi connectivity index (χ2v) is 14.7.